The number of ether oxygens (including phenoxy) is 1. The Hall–Kier alpha value is -1.46. The van der Waals surface area contributed by atoms with E-state index in [1.807, 2.05) is 11.9 Å². The molecule has 1 atom stereocenters. The second kappa shape index (κ2) is 6.81. The largest absolute Gasteiger partial charge is 0.478 e. The van der Waals surface area contributed by atoms with Crippen molar-refractivity contribution in [3.63, 3.8) is 0 Å². The highest BCUT2D eigenvalue weighted by molar-refractivity contribution is 5.87. The molecule has 0 amide bonds. The summed E-state index contributed by atoms with van der Waals surface area (Å²) in [5.41, 5.74) is 0.542. The first-order valence-corrected chi connectivity index (χ1v) is 6.84. The minimum absolute atomic E-state index is 0.121. The molecule has 1 aliphatic rings. The van der Waals surface area contributed by atoms with Gasteiger partial charge in [0.1, 0.15) is 5.82 Å². The molecular weight excluding hydrogens is 261 g/mol. The Morgan fingerprint density at radius 2 is 2.35 bits per heavy atom. The van der Waals surface area contributed by atoms with Crippen molar-refractivity contribution in [2.24, 2.45) is 5.92 Å². The standard InChI is InChI=1S/C15H20FNO3/c1-17(8-11-3-2-6-20-10-11)9-13-7-12(15(18)19)4-5-14(13)16/h4-5,7,11H,2-3,6,8-10H2,1H3,(H,18,19). The van der Waals surface area contributed by atoms with Crippen LogP contribution in [0.4, 0.5) is 4.39 Å². The molecule has 1 aliphatic heterocycles. The fourth-order valence-electron chi connectivity index (χ4n) is 2.58. The third-order valence-electron chi connectivity index (χ3n) is 3.56. The third-order valence-corrected chi connectivity index (χ3v) is 3.56. The predicted octanol–water partition coefficient (Wildman–Crippen LogP) is 2.38. The van der Waals surface area contributed by atoms with Gasteiger partial charge in [0.25, 0.3) is 0 Å². The van der Waals surface area contributed by atoms with Gasteiger partial charge in [0.2, 0.25) is 0 Å². The molecule has 0 radical (unpaired) electrons. The molecule has 0 aliphatic carbocycles. The zero-order valence-corrected chi connectivity index (χ0v) is 11.6. The van der Waals surface area contributed by atoms with Gasteiger partial charge in [0.05, 0.1) is 12.2 Å². The van der Waals surface area contributed by atoms with Crippen molar-refractivity contribution in [2.45, 2.75) is 19.4 Å². The van der Waals surface area contributed by atoms with Crippen molar-refractivity contribution in [3.8, 4) is 0 Å². The lowest BCUT2D eigenvalue weighted by molar-refractivity contribution is 0.0410. The summed E-state index contributed by atoms with van der Waals surface area (Å²) < 4.78 is 19.2. The second-order valence-corrected chi connectivity index (χ2v) is 5.39. The van der Waals surface area contributed by atoms with Gasteiger partial charge in [0.15, 0.2) is 0 Å². The molecule has 2 rings (SSSR count). The molecule has 1 saturated heterocycles. The fraction of sp³-hybridized carbons (Fsp3) is 0.533. The Kier molecular flexibility index (Phi) is 5.09. The smallest absolute Gasteiger partial charge is 0.335 e. The molecule has 20 heavy (non-hydrogen) atoms. The van der Waals surface area contributed by atoms with Crippen LogP contribution in [0.5, 0.6) is 0 Å². The van der Waals surface area contributed by atoms with Gasteiger partial charge in [0, 0.05) is 25.3 Å². The molecule has 110 valence electrons. The quantitative estimate of drug-likeness (QED) is 0.900. The van der Waals surface area contributed by atoms with Crippen molar-refractivity contribution in [2.75, 3.05) is 26.8 Å². The Morgan fingerprint density at radius 1 is 1.55 bits per heavy atom. The molecule has 1 aromatic rings. The van der Waals surface area contributed by atoms with Gasteiger partial charge in [-0.2, -0.15) is 0 Å². The molecule has 0 bridgehead atoms. The fourth-order valence-corrected chi connectivity index (χ4v) is 2.58. The molecule has 1 aromatic carbocycles. The lowest BCUT2D eigenvalue weighted by Gasteiger charge is -2.27. The summed E-state index contributed by atoms with van der Waals surface area (Å²) in [7, 11) is 1.92. The van der Waals surface area contributed by atoms with E-state index in [2.05, 4.69) is 0 Å². The SMILES string of the molecule is CN(Cc1cc(C(=O)O)ccc1F)CC1CCCOC1. The van der Waals surface area contributed by atoms with Gasteiger partial charge in [-0.1, -0.05) is 0 Å². The number of nitrogens with zero attached hydrogens (tertiary/aromatic N) is 1. The molecule has 0 saturated carbocycles. The van der Waals surface area contributed by atoms with Crippen LogP contribution in [0.1, 0.15) is 28.8 Å². The van der Waals surface area contributed by atoms with Crippen molar-refractivity contribution < 1.29 is 19.0 Å². The van der Waals surface area contributed by atoms with Crippen LogP contribution in [0, 0.1) is 11.7 Å². The van der Waals surface area contributed by atoms with Gasteiger partial charge < -0.3 is 14.7 Å². The van der Waals surface area contributed by atoms with Crippen molar-refractivity contribution in [3.05, 3.63) is 35.1 Å². The highest BCUT2D eigenvalue weighted by Gasteiger charge is 2.17. The minimum atomic E-state index is -1.03. The molecule has 5 heteroatoms. The molecular formula is C15H20FNO3. The normalized spacial score (nSPS) is 19.2. The van der Waals surface area contributed by atoms with Crippen LogP contribution in [0.25, 0.3) is 0 Å². The van der Waals surface area contributed by atoms with E-state index in [0.29, 0.717) is 18.0 Å². The van der Waals surface area contributed by atoms with Crippen LogP contribution in [0.2, 0.25) is 0 Å². The minimum Gasteiger partial charge on any atom is -0.478 e. The van der Waals surface area contributed by atoms with Crippen LogP contribution in [0.3, 0.4) is 0 Å². The van der Waals surface area contributed by atoms with Gasteiger partial charge in [-0.15, -0.1) is 0 Å². The Labute approximate surface area is 118 Å². The predicted molar refractivity (Wildman–Crippen MR) is 73.2 cm³/mol. The number of carboxylic acid groups (broad SMARTS) is 1. The zero-order chi connectivity index (χ0) is 14.5. The van der Waals surface area contributed by atoms with Crippen LogP contribution >= 0.6 is 0 Å². The summed E-state index contributed by atoms with van der Waals surface area (Å²) in [6, 6.07) is 3.91. The van der Waals surface area contributed by atoms with E-state index in [1.165, 1.54) is 18.2 Å². The maximum Gasteiger partial charge on any atom is 0.335 e. The number of hydrogen-bond donors (Lipinski definition) is 1. The molecule has 1 N–H and O–H groups in total. The number of carboxylic acids is 1. The van der Waals surface area contributed by atoms with Crippen molar-refractivity contribution in [1.82, 2.24) is 4.90 Å². The summed E-state index contributed by atoms with van der Waals surface area (Å²) in [6.07, 6.45) is 2.20. The molecule has 0 spiro atoms. The topological polar surface area (TPSA) is 49.8 Å². The van der Waals surface area contributed by atoms with E-state index in [-0.39, 0.29) is 11.4 Å². The van der Waals surface area contributed by atoms with Gasteiger partial charge in [-0.05, 0) is 44.0 Å². The monoisotopic (exact) mass is 281 g/mol. The van der Waals surface area contributed by atoms with Crippen molar-refractivity contribution >= 4 is 5.97 Å². The summed E-state index contributed by atoms with van der Waals surface area (Å²) in [6.45, 7) is 2.82. The van der Waals surface area contributed by atoms with E-state index < -0.39 is 5.97 Å². The second-order valence-electron chi connectivity index (χ2n) is 5.39. The number of carbonyl (C=O) groups is 1. The maximum absolute atomic E-state index is 13.7. The zero-order valence-electron chi connectivity index (χ0n) is 11.6. The lowest BCUT2D eigenvalue weighted by atomic mass is 10.0. The Bertz CT molecular complexity index is 472. The summed E-state index contributed by atoms with van der Waals surface area (Å²) >= 11 is 0. The van der Waals surface area contributed by atoms with Crippen LogP contribution in [-0.2, 0) is 11.3 Å². The molecule has 1 unspecified atom stereocenters. The van der Waals surface area contributed by atoms with E-state index in [0.717, 1.165) is 32.6 Å². The van der Waals surface area contributed by atoms with Gasteiger partial charge in [-0.25, -0.2) is 9.18 Å². The first-order valence-electron chi connectivity index (χ1n) is 6.84. The number of benzene rings is 1. The summed E-state index contributed by atoms with van der Waals surface area (Å²) in [5.74, 6) is -0.921. The summed E-state index contributed by atoms with van der Waals surface area (Å²) in [4.78, 5) is 12.9. The molecule has 0 aromatic heterocycles. The van der Waals surface area contributed by atoms with E-state index >= 15 is 0 Å². The lowest BCUT2D eigenvalue weighted by Crippen LogP contribution is -2.30. The van der Waals surface area contributed by atoms with Crippen LogP contribution in [0.15, 0.2) is 18.2 Å². The van der Waals surface area contributed by atoms with Crippen molar-refractivity contribution in [1.29, 1.82) is 0 Å². The van der Waals surface area contributed by atoms with Crippen LogP contribution < -0.4 is 0 Å². The average molecular weight is 281 g/mol. The van der Waals surface area contributed by atoms with Gasteiger partial charge in [-0.3, -0.25) is 0 Å². The molecule has 1 fully saturated rings. The number of aromatic carboxylic acids is 1. The molecule has 4 nitrogen and oxygen atoms in total. The Morgan fingerprint density at radius 3 is 3.00 bits per heavy atom. The third kappa shape index (κ3) is 4.02. The maximum atomic E-state index is 13.7. The highest BCUT2D eigenvalue weighted by Crippen LogP contribution is 2.17. The Balaban J connectivity index is 1.97. The van der Waals surface area contributed by atoms with E-state index in [4.69, 9.17) is 9.84 Å². The first-order chi connectivity index (χ1) is 9.56. The van der Waals surface area contributed by atoms with E-state index in [1.54, 1.807) is 0 Å². The molecule has 1 heterocycles. The number of hydrogen-bond acceptors (Lipinski definition) is 3. The number of rotatable bonds is 5. The van der Waals surface area contributed by atoms with Gasteiger partial charge >= 0.3 is 5.97 Å². The average Bonchev–Trinajstić information content (AvgIpc) is 2.42. The summed E-state index contributed by atoms with van der Waals surface area (Å²) in [5, 5.41) is 8.94. The number of halogens is 1. The highest BCUT2D eigenvalue weighted by atomic mass is 19.1. The van der Waals surface area contributed by atoms with E-state index in [9.17, 15) is 9.18 Å². The van der Waals surface area contributed by atoms with Crippen LogP contribution in [-0.4, -0.2) is 42.8 Å². The first kappa shape index (κ1) is 14.9.